The number of benzene rings is 3. The lowest BCUT2D eigenvalue weighted by Gasteiger charge is -2.20. The van der Waals surface area contributed by atoms with E-state index in [9.17, 15) is 9.59 Å². The topological polar surface area (TPSA) is 43.4 Å². The summed E-state index contributed by atoms with van der Waals surface area (Å²) in [5.74, 6) is 1.36. The molecule has 128 valence electrons. The number of ketones is 2. The third-order valence-corrected chi connectivity index (χ3v) is 6.64. The van der Waals surface area contributed by atoms with Gasteiger partial charge in [-0.25, -0.2) is 0 Å². The standard InChI is InChI=1S/C22H17O3S/c1-14(23)16-8-10-21-19(12-16)25-20-13-17(15(2)24)9-11-22(20)26(21)18-6-4-3-5-7-18/h3-13H,1-2H3/q+1. The second kappa shape index (κ2) is 6.46. The van der Waals surface area contributed by atoms with Crippen LogP contribution in [0.5, 0.6) is 11.5 Å². The van der Waals surface area contributed by atoms with Gasteiger partial charge in [-0.3, -0.25) is 9.59 Å². The molecule has 4 rings (SSSR count). The monoisotopic (exact) mass is 361 g/mol. The summed E-state index contributed by atoms with van der Waals surface area (Å²) in [6.07, 6.45) is 0. The minimum Gasteiger partial charge on any atom is -0.447 e. The molecule has 1 heterocycles. The number of carbonyl (C=O) groups is 2. The van der Waals surface area contributed by atoms with Gasteiger partial charge < -0.3 is 4.74 Å². The van der Waals surface area contributed by atoms with E-state index in [1.807, 2.05) is 42.5 Å². The first-order chi connectivity index (χ1) is 12.5. The third-order valence-electron chi connectivity index (χ3n) is 4.34. The van der Waals surface area contributed by atoms with Crippen LogP contribution < -0.4 is 4.74 Å². The highest BCUT2D eigenvalue weighted by atomic mass is 32.2. The lowest BCUT2D eigenvalue weighted by molar-refractivity contribution is 0.100. The lowest BCUT2D eigenvalue weighted by atomic mass is 10.1. The molecule has 0 atom stereocenters. The highest BCUT2D eigenvalue weighted by Gasteiger charge is 2.39. The van der Waals surface area contributed by atoms with Crippen LogP contribution in [0, 0.1) is 0 Å². The molecule has 0 unspecified atom stereocenters. The molecular weight excluding hydrogens is 344 g/mol. The first kappa shape index (κ1) is 16.6. The van der Waals surface area contributed by atoms with E-state index < -0.39 is 0 Å². The molecule has 1 aliphatic heterocycles. The molecule has 0 N–H and O–H groups in total. The van der Waals surface area contributed by atoms with Crippen molar-refractivity contribution in [1.29, 1.82) is 0 Å². The van der Waals surface area contributed by atoms with Crippen molar-refractivity contribution in [3.63, 3.8) is 0 Å². The van der Waals surface area contributed by atoms with Gasteiger partial charge in [-0.15, -0.1) is 0 Å². The quantitative estimate of drug-likeness (QED) is 0.368. The number of fused-ring (bicyclic) bond motifs is 2. The van der Waals surface area contributed by atoms with Crippen LogP contribution in [0.3, 0.4) is 0 Å². The molecule has 0 fully saturated rings. The fraction of sp³-hybridized carbons (Fsp3) is 0.0909. The summed E-state index contributed by atoms with van der Waals surface area (Å²) in [6.45, 7) is 3.09. The largest absolute Gasteiger partial charge is 0.447 e. The fourth-order valence-electron chi connectivity index (χ4n) is 3.00. The van der Waals surface area contributed by atoms with Crippen LogP contribution in [0.2, 0.25) is 0 Å². The van der Waals surface area contributed by atoms with Gasteiger partial charge in [0, 0.05) is 11.1 Å². The molecular formula is C22H17O3S+. The number of rotatable bonds is 3. The van der Waals surface area contributed by atoms with Crippen LogP contribution in [0.4, 0.5) is 0 Å². The van der Waals surface area contributed by atoms with Crippen molar-refractivity contribution in [2.24, 2.45) is 0 Å². The number of ether oxygens (including phenoxy) is 1. The maximum absolute atomic E-state index is 11.8. The molecule has 0 saturated carbocycles. The number of Topliss-reactive ketones (excluding diaryl/α,β-unsaturated/α-hetero) is 2. The Morgan fingerprint density at radius 1 is 0.731 bits per heavy atom. The van der Waals surface area contributed by atoms with Gasteiger partial charge >= 0.3 is 0 Å². The zero-order chi connectivity index (χ0) is 18.3. The second-order valence-electron chi connectivity index (χ2n) is 6.16. The van der Waals surface area contributed by atoms with E-state index in [0.717, 1.165) is 9.79 Å². The van der Waals surface area contributed by atoms with E-state index >= 15 is 0 Å². The van der Waals surface area contributed by atoms with Gasteiger partial charge in [0.05, 0.1) is 0 Å². The van der Waals surface area contributed by atoms with Crippen molar-refractivity contribution in [1.82, 2.24) is 0 Å². The van der Waals surface area contributed by atoms with E-state index in [-0.39, 0.29) is 22.5 Å². The van der Waals surface area contributed by atoms with Gasteiger partial charge in [0.2, 0.25) is 9.79 Å². The molecule has 0 amide bonds. The van der Waals surface area contributed by atoms with E-state index in [2.05, 4.69) is 12.1 Å². The Labute approximate surface area is 155 Å². The van der Waals surface area contributed by atoms with Crippen molar-refractivity contribution in [3.05, 3.63) is 77.9 Å². The summed E-state index contributed by atoms with van der Waals surface area (Å²) in [5, 5.41) is 0. The lowest BCUT2D eigenvalue weighted by Crippen LogP contribution is -2.13. The smallest absolute Gasteiger partial charge is 0.209 e. The Morgan fingerprint density at radius 2 is 1.23 bits per heavy atom. The molecule has 0 aliphatic carbocycles. The molecule has 0 bridgehead atoms. The molecule has 3 aromatic rings. The predicted octanol–water partition coefficient (Wildman–Crippen LogP) is 5.29. The summed E-state index contributed by atoms with van der Waals surface area (Å²) < 4.78 is 6.11. The molecule has 3 nitrogen and oxygen atoms in total. The van der Waals surface area contributed by atoms with Crippen molar-refractivity contribution < 1.29 is 14.3 Å². The van der Waals surface area contributed by atoms with Crippen LogP contribution in [0.1, 0.15) is 34.6 Å². The average molecular weight is 361 g/mol. The molecule has 0 radical (unpaired) electrons. The minimum absolute atomic E-state index is 0.000668. The predicted molar refractivity (Wildman–Crippen MR) is 102 cm³/mol. The third kappa shape index (κ3) is 2.82. The van der Waals surface area contributed by atoms with Crippen molar-refractivity contribution in [2.45, 2.75) is 28.5 Å². The maximum atomic E-state index is 11.8. The first-order valence-electron chi connectivity index (χ1n) is 8.32. The molecule has 0 saturated heterocycles. The Bertz CT molecular complexity index is 961. The van der Waals surface area contributed by atoms with Gasteiger partial charge in [-0.2, -0.15) is 0 Å². The normalized spacial score (nSPS) is 12.7. The molecule has 26 heavy (non-hydrogen) atoms. The van der Waals surface area contributed by atoms with Crippen LogP contribution >= 0.6 is 0 Å². The van der Waals surface area contributed by atoms with Gasteiger partial charge in [-0.05, 0) is 62.4 Å². The van der Waals surface area contributed by atoms with Crippen LogP contribution in [0.15, 0.2) is 81.4 Å². The average Bonchev–Trinajstić information content (AvgIpc) is 2.65. The Kier molecular flexibility index (Phi) is 4.13. The van der Waals surface area contributed by atoms with E-state index in [1.54, 1.807) is 26.0 Å². The number of hydrogen-bond donors (Lipinski definition) is 0. The van der Waals surface area contributed by atoms with Crippen molar-refractivity contribution in [3.8, 4) is 11.5 Å². The summed E-state index contributed by atoms with van der Waals surface area (Å²) in [5.41, 5.74) is 1.23. The van der Waals surface area contributed by atoms with Gasteiger partial charge in [0.1, 0.15) is 10.9 Å². The van der Waals surface area contributed by atoms with Crippen LogP contribution in [0.25, 0.3) is 0 Å². The minimum atomic E-state index is -0.349. The molecule has 4 heteroatoms. The van der Waals surface area contributed by atoms with Crippen molar-refractivity contribution >= 4 is 22.5 Å². The van der Waals surface area contributed by atoms with Gasteiger partial charge in [0.25, 0.3) is 0 Å². The van der Waals surface area contributed by atoms with Crippen LogP contribution in [-0.4, -0.2) is 11.6 Å². The highest BCUT2D eigenvalue weighted by Crippen LogP contribution is 2.47. The molecule has 1 aliphatic rings. The zero-order valence-electron chi connectivity index (χ0n) is 14.5. The summed E-state index contributed by atoms with van der Waals surface area (Å²) in [7, 11) is -0.349. The van der Waals surface area contributed by atoms with Gasteiger partial charge in [0.15, 0.2) is 28.0 Å². The SMILES string of the molecule is CC(=O)c1ccc2c(c1)Oc1cc(C(C)=O)ccc1[S+]2c1ccccc1. The summed E-state index contributed by atoms with van der Waals surface area (Å²) in [4.78, 5) is 26.8. The van der Waals surface area contributed by atoms with Gasteiger partial charge in [-0.1, -0.05) is 18.2 Å². The molecule has 0 spiro atoms. The van der Waals surface area contributed by atoms with E-state index in [4.69, 9.17) is 4.74 Å². The Hall–Kier alpha value is -2.85. The molecule has 3 aromatic carbocycles. The second-order valence-corrected chi connectivity index (χ2v) is 8.12. The fourth-order valence-corrected chi connectivity index (χ4v) is 5.18. The Balaban J connectivity index is 1.94. The zero-order valence-corrected chi connectivity index (χ0v) is 15.3. The maximum Gasteiger partial charge on any atom is 0.209 e. The highest BCUT2D eigenvalue weighted by molar-refractivity contribution is 7.97. The Morgan fingerprint density at radius 3 is 1.69 bits per heavy atom. The van der Waals surface area contributed by atoms with Crippen molar-refractivity contribution in [2.75, 3.05) is 0 Å². The number of carbonyl (C=O) groups excluding carboxylic acids is 2. The summed E-state index contributed by atoms with van der Waals surface area (Å²) in [6, 6.07) is 21.5. The molecule has 0 aromatic heterocycles. The van der Waals surface area contributed by atoms with E-state index in [0.29, 0.717) is 22.6 Å². The summed E-state index contributed by atoms with van der Waals surface area (Å²) >= 11 is 0. The number of hydrogen-bond acceptors (Lipinski definition) is 3. The van der Waals surface area contributed by atoms with Crippen LogP contribution in [-0.2, 0) is 10.9 Å². The van der Waals surface area contributed by atoms with E-state index in [1.165, 1.54) is 4.90 Å². The first-order valence-corrected chi connectivity index (χ1v) is 9.54.